The Morgan fingerprint density at radius 2 is 1.67 bits per heavy atom. The molecule has 3 atom stereocenters. The zero-order chi connectivity index (χ0) is 11.6. The number of hydrogen-bond donors (Lipinski definition) is 3. The highest BCUT2D eigenvalue weighted by Gasteiger charge is 2.44. The van der Waals surface area contributed by atoms with E-state index in [1.165, 1.54) is 0 Å². The van der Waals surface area contributed by atoms with Crippen LogP contribution in [-0.2, 0) is 14.4 Å². The van der Waals surface area contributed by atoms with Gasteiger partial charge >= 0.3 is 17.9 Å². The van der Waals surface area contributed by atoms with Crippen LogP contribution in [0.3, 0.4) is 0 Å². The summed E-state index contributed by atoms with van der Waals surface area (Å²) in [6.45, 7) is -0.198. The molecule has 15 heavy (non-hydrogen) atoms. The molecule has 1 aliphatic rings. The third-order valence-electron chi connectivity index (χ3n) is 2.28. The molecule has 0 saturated heterocycles. The topological polar surface area (TPSA) is 124 Å². The van der Waals surface area contributed by atoms with E-state index in [1.807, 2.05) is 0 Å². The Labute approximate surface area is 84.1 Å². The largest absolute Gasteiger partial charge is 0.481 e. The summed E-state index contributed by atoms with van der Waals surface area (Å²) < 4.78 is 0. The molecule has 0 fully saturated rings. The van der Waals surface area contributed by atoms with Gasteiger partial charge in [0.25, 0.3) is 0 Å². The van der Waals surface area contributed by atoms with Crippen molar-refractivity contribution in [1.29, 1.82) is 0 Å². The minimum absolute atomic E-state index is 0.198. The maximum Gasteiger partial charge on any atom is 0.312 e. The van der Waals surface area contributed by atoms with E-state index in [-0.39, 0.29) is 6.54 Å². The Morgan fingerprint density at radius 1 is 1.07 bits per heavy atom. The lowest BCUT2D eigenvalue weighted by Crippen LogP contribution is -2.43. The summed E-state index contributed by atoms with van der Waals surface area (Å²) in [6.07, 6.45) is 0.987. The summed E-state index contributed by atoms with van der Waals surface area (Å²) in [7, 11) is 0. The Bertz CT molecular complexity index is 336. The molecule has 0 spiro atoms. The lowest BCUT2D eigenvalue weighted by atomic mass is 9.80. The first-order valence-electron chi connectivity index (χ1n) is 4.13. The smallest absolute Gasteiger partial charge is 0.312 e. The standard InChI is InChI=1S/C8H9NO6/c10-6(11)3-1-9-2-4(7(12)13)5(3)8(14)15/h1,3-5H,2H2,(H,10,11)(H,12,13)(H,14,15). The minimum Gasteiger partial charge on any atom is -0.481 e. The molecule has 0 bridgehead atoms. The van der Waals surface area contributed by atoms with Crippen LogP contribution in [0, 0.1) is 17.8 Å². The summed E-state index contributed by atoms with van der Waals surface area (Å²) in [5.74, 6) is -8.27. The average Bonchev–Trinajstić information content (AvgIpc) is 2.16. The number of nitrogens with zero attached hydrogens (tertiary/aromatic N) is 1. The first-order valence-corrected chi connectivity index (χ1v) is 4.13. The normalized spacial score (nSPS) is 29.7. The second kappa shape index (κ2) is 4.07. The van der Waals surface area contributed by atoms with Crippen molar-refractivity contribution < 1.29 is 29.7 Å². The molecule has 0 amide bonds. The molecule has 0 aromatic heterocycles. The lowest BCUT2D eigenvalue weighted by molar-refractivity contribution is -0.159. The van der Waals surface area contributed by atoms with E-state index >= 15 is 0 Å². The van der Waals surface area contributed by atoms with Crippen LogP contribution in [0.25, 0.3) is 0 Å². The van der Waals surface area contributed by atoms with Crippen LogP contribution >= 0.6 is 0 Å². The van der Waals surface area contributed by atoms with Gasteiger partial charge in [-0.25, -0.2) is 0 Å². The van der Waals surface area contributed by atoms with Crippen molar-refractivity contribution in [1.82, 2.24) is 0 Å². The molecular formula is C8H9NO6. The first kappa shape index (κ1) is 11.2. The molecule has 1 heterocycles. The fourth-order valence-electron chi connectivity index (χ4n) is 1.52. The van der Waals surface area contributed by atoms with Crippen LogP contribution < -0.4 is 0 Å². The highest BCUT2D eigenvalue weighted by molar-refractivity contribution is 5.96. The van der Waals surface area contributed by atoms with E-state index in [0.717, 1.165) is 6.21 Å². The van der Waals surface area contributed by atoms with Gasteiger partial charge in [0, 0.05) is 6.21 Å². The highest BCUT2D eigenvalue weighted by atomic mass is 16.4. The summed E-state index contributed by atoms with van der Waals surface area (Å²) >= 11 is 0. The van der Waals surface area contributed by atoms with Gasteiger partial charge in [0.05, 0.1) is 18.4 Å². The van der Waals surface area contributed by atoms with Crippen LogP contribution in [0.1, 0.15) is 0 Å². The van der Waals surface area contributed by atoms with Gasteiger partial charge in [-0.3, -0.25) is 19.4 Å². The van der Waals surface area contributed by atoms with Gasteiger partial charge in [0.15, 0.2) is 0 Å². The van der Waals surface area contributed by atoms with Crippen molar-refractivity contribution in [3.05, 3.63) is 0 Å². The number of carboxylic acid groups (broad SMARTS) is 3. The number of aliphatic imine (C=N–C) groups is 1. The molecule has 0 aliphatic carbocycles. The van der Waals surface area contributed by atoms with E-state index in [4.69, 9.17) is 15.3 Å². The second-order valence-corrected chi connectivity index (χ2v) is 3.19. The third kappa shape index (κ3) is 2.12. The van der Waals surface area contributed by atoms with Gasteiger partial charge in [-0.15, -0.1) is 0 Å². The van der Waals surface area contributed by atoms with Crippen molar-refractivity contribution >= 4 is 24.1 Å². The SMILES string of the molecule is O=C(O)C1C=NCC(C(=O)O)C1C(=O)O. The second-order valence-electron chi connectivity index (χ2n) is 3.19. The van der Waals surface area contributed by atoms with Crippen molar-refractivity contribution in [3.8, 4) is 0 Å². The molecule has 0 aromatic carbocycles. The highest BCUT2D eigenvalue weighted by Crippen LogP contribution is 2.25. The monoisotopic (exact) mass is 215 g/mol. The minimum atomic E-state index is -1.46. The summed E-state index contributed by atoms with van der Waals surface area (Å²) in [5, 5.41) is 26.2. The fraction of sp³-hybridized carbons (Fsp3) is 0.500. The molecule has 3 N–H and O–H groups in total. The van der Waals surface area contributed by atoms with Gasteiger partial charge in [-0.05, 0) is 0 Å². The molecule has 3 unspecified atom stereocenters. The number of aliphatic carboxylic acids is 3. The first-order chi connectivity index (χ1) is 6.95. The molecule has 82 valence electrons. The van der Waals surface area contributed by atoms with Crippen LogP contribution in [0.4, 0.5) is 0 Å². The Kier molecular flexibility index (Phi) is 3.03. The zero-order valence-electron chi connectivity index (χ0n) is 7.53. The van der Waals surface area contributed by atoms with Crippen LogP contribution in [0.15, 0.2) is 4.99 Å². The van der Waals surface area contributed by atoms with Crippen LogP contribution in [0.2, 0.25) is 0 Å². The van der Waals surface area contributed by atoms with Crippen molar-refractivity contribution in [3.63, 3.8) is 0 Å². The van der Waals surface area contributed by atoms with Crippen LogP contribution in [0.5, 0.6) is 0 Å². The fourth-order valence-corrected chi connectivity index (χ4v) is 1.52. The van der Waals surface area contributed by atoms with E-state index < -0.39 is 35.7 Å². The van der Waals surface area contributed by atoms with Crippen LogP contribution in [-0.4, -0.2) is 46.0 Å². The predicted molar refractivity (Wildman–Crippen MR) is 46.7 cm³/mol. The molecule has 0 aromatic rings. The Balaban J connectivity index is 3.04. The predicted octanol–water partition coefficient (Wildman–Crippen LogP) is -0.827. The lowest BCUT2D eigenvalue weighted by Gasteiger charge is -2.25. The van der Waals surface area contributed by atoms with Gasteiger partial charge in [-0.1, -0.05) is 0 Å². The number of carboxylic acids is 3. The average molecular weight is 215 g/mol. The van der Waals surface area contributed by atoms with Crippen molar-refractivity contribution in [2.45, 2.75) is 0 Å². The third-order valence-corrected chi connectivity index (χ3v) is 2.28. The number of rotatable bonds is 3. The van der Waals surface area contributed by atoms with E-state index in [1.54, 1.807) is 0 Å². The quantitative estimate of drug-likeness (QED) is 0.564. The molecule has 7 nitrogen and oxygen atoms in total. The summed E-state index contributed by atoms with van der Waals surface area (Å²) in [6, 6.07) is 0. The van der Waals surface area contributed by atoms with Crippen molar-refractivity contribution in [2.24, 2.45) is 22.7 Å². The van der Waals surface area contributed by atoms with Gasteiger partial charge in [-0.2, -0.15) is 0 Å². The molecule has 7 heteroatoms. The summed E-state index contributed by atoms with van der Waals surface area (Å²) in [5.41, 5.74) is 0. The zero-order valence-corrected chi connectivity index (χ0v) is 7.53. The van der Waals surface area contributed by atoms with E-state index in [9.17, 15) is 14.4 Å². The molecular weight excluding hydrogens is 206 g/mol. The molecule has 0 saturated carbocycles. The van der Waals surface area contributed by atoms with Gasteiger partial charge in [0.2, 0.25) is 0 Å². The molecule has 0 radical (unpaired) electrons. The van der Waals surface area contributed by atoms with Gasteiger partial charge in [0.1, 0.15) is 5.92 Å². The Hall–Kier alpha value is -1.92. The number of hydrogen-bond acceptors (Lipinski definition) is 4. The number of carbonyl (C=O) groups is 3. The Morgan fingerprint density at radius 3 is 2.07 bits per heavy atom. The van der Waals surface area contributed by atoms with Gasteiger partial charge < -0.3 is 15.3 Å². The molecule has 1 aliphatic heterocycles. The maximum absolute atomic E-state index is 10.8. The summed E-state index contributed by atoms with van der Waals surface area (Å²) in [4.78, 5) is 35.8. The van der Waals surface area contributed by atoms with E-state index in [2.05, 4.69) is 4.99 Å². The van der Waals surface area contributed by atoms with Crippen molar-refractivity contribution in [2.75, 3.05) is 6.54 Å². The van der Waals surface area contributed by atoms with E-state index in [0.29, 0.717) is 0 Å². The molecule has 1 rings (SSSR count). The maximum atomic E-state index is 10.8.